The number of nitrogens with zero attached hydrogens (tertiary/aromatic N) is 1. The van der Waals surface area contributed by atoms with Crippen LogP contribution in [-0.2, 0) is 4.74 Å². The highest BCUT2D eigenvalue weighted by Crippen LogP contribution is 2.33. The van der Waals surface area contributed by atoms with Gasteiger partial charge in [0.15, 0.2) is 0 Å². The molecule has 1 amide bonds. The van der Waals surface area contributed by atoms with Crippen LogP contribution in [0.1, 0.15) is 10.4 Å². The van der Waals surface area contributed by atoms with Gasteiger partial charge in [-0.25, -0.2) is 0 Å². The molecule has 0 aromatic heterocycles. The predicted molar refractivity (Wildman–Crippen MR) is 85.4 cm³/mol. The van der Waals surface area contributed by atoms with E-state index < -0.39 is 9.96 Å². The molecule has 0 unspecified atom stereocenters. The highest BCUT2D eigenvalue weighted by atomic mass is 35.6. The number of carbonyl (C=O) groups is 1. The second-order valence-corrected chi connectivity index (χ2v) is 7.32. The van der Waals surface area contributed by atoms with Crippen molar-refractivity contribution in [2.45, 2.75) is 9.96 Å². The number of morpholine rings is 1. The molecule has 2 rings (SSSR count). The third-order valence-electron chi connectivity index (χ3n) is 3.11. The van der Waals surface area contributed by atoms with Crippen LogP contribution in [0.15, 0.2) is 24.3 Å². The van der Waals surface area contributed by atoms with Crippen LogP contribution < -0.4 is 5.32 Å². The first-order chi connectivity index (χ1) is 9.89. The largest absolute Gasteiger partial charge is 0.379 e. The first-order valence-corrected chi connectivity index (χ1v) is 7.84. The zero-order valence-corrected chi connectivity index (χ0v) is 14.0. The monoisotopic (exact) mass is 370 g/mol. The minimum Gasteiger partial charge on any atom is -0.379 e. The Morgan fingerprint density at radius 1 is 1.24 bits per heavy atom. The van der Waals surface area contributed by atoms with E-state index in [1.807, 2.05) is 4.90 Å². The van der Waals surface area contributed by atoms with Crippen LogP contribution in [0.3, 0.4) is 0 Å². The molecule has 0 radical (unpaired) electrons. The van der Waals surface area contributed by atoms with Gasteiger partial charge in [-0.1, -0.05) is 58.5 Å². The average Bonchev–Trinajstić information content (AvgIpc) is 2.44. The maximum absolute atomic E-state index is 12.3. The first kappa shape index (κ1) is 17.1. The Balaban J connectivity index is 2.15. The fourth-order valence-electron chi connectivity index (χ4n) is 2.06. The van der Waals surface area contributed by atoms with Gasteiger partial charge in [-0.2, -0.15) is 0 Å². The third kappa shape index (κ3) is 4.62. The molecule has 4 nitrogen and oxygen atoms in total. The van der Waals surface area contributed by atoms with E-state index in [0.29, 0.717) is 36.9 Å². The van der Waals surface area contributed by atoms with Crippen molar-refractivity contribution in [1.29, 1.82) is 0 Å². The molecule has 0 aliphatic carbocycles. The fourth-order valence-corrected chi connectivity index (χ4v) is 2.86. The second-order valence-electron chi connectivity index (χ2n) is 4.55. The van der Waals surface area contributed by atoms with Crippen LogP contribution in [-0.4, -0.2) is 47.1 Å². The van der Waals surface area contributed by atoms with Crippen molar-refractivity contribution in [2.75, 3.05) is 26.3 Å². The van der Waals surface area contributed by atoms with Gasteiger partial charge in [-0.15, -0.1) is 0 Å². The molecule has 21 heavy (non-hydrogen) atoms. The van der Waals surface area contributed by atoms with Gasteiger partial charge in [0.05, 0.1) is 23.8 Å². The van der Waals surface area contributed by atoms with E-state index in [1.54, 1.807) is 24.3 Å². The molecule has 1 aromatic rings. The molecule has 1 atom stereocenters. The zero-order valence-electron chi connectivity index (χ0n) is 11.0. The van der Waals surface area contributed by atoms with E-state index in [4.69, 9.17) is 51.1 Å². The molecule has 1 saturated heterocycles. The standard InChI is InChI=1S/C13H14Cl4N2O2/c14-10-4-2-1-3-9(10)11(20)18-12(13(15,16)17)19-5-7-21-8-6-19/h1-4,12H,5-8H2,(H,18,20)/t12-/m1/s1. The van der Waals surface area contributed by atoms with Crippen LogP contribution >= 0.6 is 46.4 Å². The number of benzene rings is 1. The molecular weight excluding hydrogens is 358 g/mol. The summed E-state index contributed by atoms with van der Waals surface area (Å²) in [5, 5.41) is 3.08. The zero-order chi connectivity index (χ0) is 15.5. The third-order valence-corrected chi connectivity index (χ3v) is 4.06. The van der Waals surface area contributed by atoms with Crippen LogP contribution in [0.5, 0.6) is 0 Å². The molecular formula is C13H14Cl4N2O2. The molecule has 1 fully saturated rings. The van der Waals surface area contributed by atoms with E-state index in [-0.39, 0.29) is 5.91 Å². The van der Waals surface area contributed by atoms with Gasteiger partial charge in [0.1, 0.15) is 6.17 Å². The molecule has 1 aromatic carbocycles. The Labute approximate surface area is 143 Å². The number of amides is 1. The van der Waals surface area contributed by atoms with Crippen molar-refractivity contribution < 1.29 is 9.53 Å². The van der Waals surface area contributed by atoms with Crippen LogP contribution in [0, 0.1) is 0 Å². The summed E-state index contributed by atoms with van der Waals surface area (Å²) in [6.07, 6.45) is -0.754. The van der Waals surface area contributed by atoms with Gasteiger partial charge in [-0.3, -0.25) is 9.69 Å². The molecule has 1 aliphatic rings. The van der Waals surface area contributed by atoms with Crippen molar-refractivity contribution in [3.63, 3.8) is 0 Å². The lowest BCUT2D eigenvalue weighted by molar-refractivity contribution is 0.00996. The minimum atomic E-state index is -1.66. The van der Waals surface area contributed by atoms with Crippen molar-refractivity contribution in [3.8, 4) is 0 Å². The van der Waals surface area contributed by atoms with E-state index in [9.17, 15) is 4.79 Å². The van der Waals surface area contributed by atoms with Crippen molar-refractivity contribution in [2.24, 2.45) is 0 Å². The minimum absolute atomic E-state index is 0.340. The Morgan fingerprint density at radius 2 is 1.86 bits per heavy atom. The number of rotatable bonds is 3. The molecule has 1 aliphatic heterocycles. The van der Waals surface area contributed by atoms with Crippen LogP contribution in [0.25, 0.3) is 0 Å². The fraction of sp³-hybridized carbons (Fsp3) is 0.462. The molecule has 1 N–H and O–H groups in total. The summed E-state index contributed by atoms with van der Waals surface area (Å²) >= 11 is 24.0. The van der Waals surface area contributed by atoms with Gasteiger partial charge in [0, 0.05) is 13.1 Å². The first-order valence-electron chi connectivity index (χ1n) is 6.33. The summed E-state index contributed by atoms with van der Waals surface area (Å²) in [5.41, 5.74) is 0.340. The number of ether oxygens (including phenoxy) is 1. The smallest absolute Gasteiger partial charge is 0.254 e. The molecule has 0 saturated carbocycles. The van der Waals surface area contributed by atoms with Crippen molar-refractivity contribution in [1.82, 2.24) is 10.2 Å². The highest BCUT2D eigenvalue weighted by molar-refractivity contribution is 6.68. The van der Waals surface area contributed by atoms with Crippen LogP contribution in [0.2, 0.25) is 5.02 Å². The average molecular weight is 372 g/mol. The van der Waals surface area contributed by atoms with E-state index in [0.717, 1.165) is 0 Å². The Kier molecular flexibility index (Phi) is 6.00. The highest BCUT2D eigenvalue weighted by Gasteiger charge is 2.39. The number of hydrogen-bond acceptors (Lipinski definition) is 3. The summed E-state index contributed by atoms with van der Waals surface area (Å²) in [6.45, 7) is 2.20. The summed E-state index contributed by atoms with van der Waals surface area (Å²) < 4.78 is 3.61. The van der Waals surface area contributed by atoms with Gasteiger partial charge >= 0.3 is 0 Å². The van der Waals surface area contributed by atoms with Gasteiger partial charge in [0.25, 0.3) is 5.91 Å². The normalized spacial score (nSPS) is 18.3. The summed E-state index contributed by atoms with van der Waals surface area (Å²) in [6, 6.07) is 6.72. The molecule has 8 heteroatoms. The quantitative estimate of drug-likeness (QED) is 0.830. The maximum atomic E-state index is 12.3. The van der Waals surface area contributed by atoms with E-state index in [1.165, 1.54) is 0 Å². The van der Waals surface area contributed by atoms with Gasteiger partial charge in [-0.05, 0) is 12.1 Å². The van der Waals surface area contributed by atoms with Crippen LogP contribution in [0.4, 0.5) is 0 Å². The Bertz CT molecular complexity index is 501. The Morgan fingerprint density at radius 3 is 2.43 bits per heavy atom. The number of halogens is 4. The molecule has 1 heterocycles. The van der Waals surface area contributed by atoms with Gasteiger partial charge in [0.2, 0.25) is 3.79 Å². The Hall–Kier alpha value is -0.230. The van der Waals surface area contributed by atoms with E-state index >= 15 is 0 Å². The number of hydrogen-bond donors (Lipinski definition) is 1. The van der Waals surface area contributed by atoms with Gasteiger partial charge < -0.3 is 10.1 Å². The lowest BCUT2D eigenvalue weighted by atomic mass is 10.2. The number of carbonyl (C=O) groups excluding carboxylic acids is 1. The molecule has 0 spiro atoms. The molecule has 116 valence electrons. The topological polar surface area (TPSA) is 41.6 Å². The predicted octanol–water partition coefficient (Wildman–Crippen LogP) is 3.10. The summed E-state index contributed by atoms with van der Waals surface area (Å²) in [5.74, 6) is -0.386. The van der Waals surface area contributed by atoms with Crippen molar-refractivity contribution in [3.05, 3.63) is 34.9 Å². The lowest BCUT2D eigenvalue weighted by Gasteiger charge is -2.38. The summed E-state index contributed by atoms with van der Waals surface area (Å²) in [7, 11) is 0. The van der Waals surface area contributed by atoms with Crippen molar-refractivity contribution >= 4 is 52.3 Å². The summed E-state index contributed by atoms with van der Waals surface area (Å²) in [4.78, 5) is 14.2. The number of nitrogens with one attached hydrogen (secondary N) is 1. The molecule has 0 bridgehead atoms. The number of alkyl halides is 3. The SMILES string of the molecule is O=C(N[C@H](N1CCOCC1)C(Cl)(Cl)Cl)c1ccccc1Cl. The lowest BCUT2D eigenvalue weighted by Crippen LogP contribution is -2.58. The second kappa shape index (κ2) is 7.36. The van der Waals surface area contributed by atoms with E-state index in [2.05, 4.69) is 5.32 Å². The maximum Gasteiger partial charge on any atom is 0.254 e.